The Hall–Kier alpha value is -1.59. The SMILES string of the molecule is C[C@H]1CN(C2COC2)CCN1C(=O)OCc1ccccc1. The van der Waals surface area contributed by atoms with Crippen LogP contribution in [-0.4, -0.2) is 60.8 Å². The number of carbonyl (C=O) groups is 1. The summed E-state index contributed by atoms with van der Waals surface area (Å²) < 4.78 is 10.7. The third kappa shape index (κ3) is 3.36. The predicted octanol–water partition coefficient (Wildman–Crippen LogP) is 1.73. The van der Waals surface area contributed by atoms with Crippen LogP contribution in [0.15, 0.2) is 30.3 Å². The molecule has 0 unspecified atom stereocenters. The van der Waals surface area contributed by atoms with Crippen LogP contribution in [0.25, 0.3) is 0 Å². The lowest BCUT2D eigenvalue weighted by atomic mass is 10.1. The number of ether oxygens (including phenoxy) is 2. The average Bonchev–Trinajstić information content (AvgIpc) is 2.44. The highest BCUT2D eigenvalue weighted by molar-refractivity contribution is 5.68. The number of hydrogen-bond acceptors (Lipinski definition) is 4. The summed E-state index contributed by atoms with van der Waals surface area (Å²) in [5.74, 6) is 0. The van der Waals surface area contributed by atoms with E-state index in [0.29, 0.717) is 12.6 Å². The second-order valence-electron chi connectivity index (χ2n) is 5.77. The summed E-state index contributed by atoms with van der Waals surface area (Å²) in [4.78, 5) is 16.4. The molecular weight excluding hydrogens is 268 g/mol. The third-order valence-electron chi connectivity index (χ3n) is 4.24. The van der Waals surface area contributed by atoms with Crippen molar-refractivity contribution in [3.05, 3.63) is 35.9 Å². The normalized spacial score (nSPS) is 23.7. The first-order valence-electron chi connectivity index (χ1n) is 7.53. The van der Waals surface area contributed by atoms with Gasteiger partial charge in [-0.25, -0.2) is 4.79 Å². The van der Waals surface area contributed by atoms with Gasteiger partial charge >= 0.3 is 6.09 Å². The number of nitrogens with zero attached hydrogens (tertiary/aromatic N) is 2. The summed E-state index contributed by atoms with van der Waals surface area (Å²) in [5, 5.41) is 0. The highest BCUT2D eigenvalue weighted by Crippen LogP contribution is 2.18. The number of carbonyl (C=O) groups excluding carboxylic acids is 1. The zero-order valence-corrected chi connectivity index (χ0v) is 12.4. The van der Waals surface area contributed by atoms with Gasteiger partial charge in [-0.05, 0) is 12.5 Å². The highest BCUT2D eigenvalue weighted by Gasteiger charge is 2.34. The molecule has 0 bridgehead atoms. The van der Waals surface area contributed by atoms with E-state index in [1.54, 1.807) is 0 Å². The minimum atomic E-state index is -0.212. The van der Waals surface area contributed by atoms with Gasteiger partial charge in [-0.3, -0.25) is 4.90 Å². The summed E-state index contributed by atoms with van der Waals surface area (Å²) >= 11 is 0. The van der Waals surface area contributed by atoms with E-state index in [9.17, 15) is 4.79 Å². The molecule has 114 valence electrons. The quantitative estimate of drug-likeness (QED) is 0.850. The van der Waals surface area contributed by atoms with Gasteiger partial charge < -0.3 is 14.4 Å². The number of piperazine rings is 1. The fourth-order valence-electron chi connectivity index (χ4n) is 2.82. The molecule has 0 radical (unpaired) electrons. The number of hydrogen-bond donors (Lipinski definition) is 0. The minimum absolute atomic E-state index is 0.183. The lowest BCUT2D eigenvalue weighted by molar-refractivity contribution is -0.0829. The molecule has 1 atom stereocenters. The standard InChI is InChI=1S/C16H22N2O3/c1-13-9-17(15-11-20-12-15)7-8-18(13)16(19)21-10-14-5-3-2-4-6-14/h2-6,13,15H,7-12H2,1H3/t13-/m0/s1. The van der Waals surface area contributed by atoms with Crippen molar-refractivity contribution in [3.8, 4) is 0 Å². The Morgan fingerprint density at radius 3 is 2.67 bits per heavy atom. The fraction of sp³-hybridized carbons (Fsp3) is 0.562. The van der Waals surface area contributed by atoms with E-state index in [-0.39, 0.29) is 12.1 Å². The van der Waals surface area contributed by atoms with E-state index >= 15 is 0 Å². The predicted molar refractivity (Wildman–Crippen MR) is 79.0 cm³/mol. The van der Waals surface area contributed by atoms with Gasteiger partial charge in [-0.1, -0.05) is 30.3 Å². The van der Waals surface area contributed by atoms with Gasteiger partial charge in [0.2, 0.25) is 0 Å². The van der Waals surface area contributed by atoms with Crippen molar-refractivity contribution in [2.45, 2.75) is 25.6 Å². The van der Waals surface area contributed by atoms with Crippen LogP contribution >= 0.6 is 0 Å². The summed E-state index contributed by atoms with van der Waals surface area (Å²) in [6.07, 6.45) is -0.212. The third-order valence-corrected chi connectivity index (χ3v) is 4.24. The van der Waals surface area contributed by atoms with Gasteiger partial charge in [0.1, 0.15) is 6.61 Å². The van der Waals surface area contributed by atoms with Crippen LogP contribution in [-0.2, 0) is 16.1 Å². The number of rotatable bonds is 3. The molecule has 1 aromatic carbocycles. The van der Waals surface area contributed by atoms with Crippen molar-refractivity contribution in [1.82, 2.24) is 9.80 Å². The van der Waals surface area contributed by atoms with E-state index in [2.05, 4.69) is 11.8 Å². The molecule has 21 heavy (non-hydrogen) atoms. The first-order valence-corrected chi connectivity index (χ1v) is 7.53. The van der Waals surface area contributed by atoms with E-state index in [0.717, 1.165) is 38.4 Å². The smallest absolute Gasteiger partial charge is 0.410 e. The summed E-state index contributed by atoms with van der Waals surface area (Å²) in [6.45, 7) is 6.59. The van der Waals surface area contributed by atoms with Crippen molar-refractivity contribution < 1.29 is 14.3 Å². The molecule has 0 spiro atoms. The monoisotopic (exact) mass is 290 g/mol. The van der Waals surface area contributed by atoms with Gasteiger partial charge in [-0.2, -0.15) is 0 Å². The Bertz CT molecular complexity index is 476. The molecule has 0 N–H and O–H groups in total. The first-order chi connectivity index (χ1) is 10.2. The molecule has 2 fully saturated rings. The lowest BCUT2D eigenvalue weighted by Gasteiger charge is -2.45. The van der Waals surface area contributed by atoms with E-state index in [1.165, 1.54) is 0 Å². The van der Waals surface area contributed by atoms with Crippen LogP contribution in [0.2, 0.25) is 0 Å². The molecule has 1 aromatic rings. The average molecular weight is 290 g/mol. The molecule has 5 heteroatoms. The van der Waals surface area contributed by atoms with Crippen LogP contribution in [0.5, 0.6) is 0 Å². The lowest BCUT2D eigenvalue weighted by Crippen LogP contribution is -2.60. The molecule has 0 aliphatic carbocycles. The van der Waals surface area contributed by atoms with Crippen molar-refractivity contribution in [3.63, 3.8) is 0 Å². The van der Waals surface area contributed by atoms with Gasteiger partial charge in [0.15, 0.2) is 0 Å². The molecule has 2 saturated heterocycles. The maximum Gasteiger partial charge on any atom is 0.410 e. The number of amides is 1. The molecule has 1 amide bonds. The summed E-state index contributed by atoms with van der Waals surface area (Å²) in [6, 6.07) is 10.5. The zero-order chi connectivity index (χ0) is 14.7. The largest absolute Gasteiger partial charge is 0.445 e. The molecule has 2 aliphatic heterocycles. The fourth-order valence-corrected chi connectivity index (χ4v) is 2.82. The Balaban J connectivity index is 1.48. The second kappa shape index (κ2) is 6.45. The Morgan fingerprint density at radius 1 is 1.29 bits per heavy atom. The Kier molecular flexibility index (Phi) is 4.41. The Labute approximate surface area is 125 Å². The molecule has 0 saturated carbocycles. The van der Waals surface area contributed by atoms with Crippen molar-refractivity contribution in [2.75, 3.05) is 32.8 Å². The highest BCUT2D eigenvalue weighted by atomic mass is 16.6. The van der Waals surface area contributed by atoms with Crippen LogP contribution < -0.4 is 0 Å². The Morgan fingerprint density at radius 2 is 2.05 bits per heavy atom. The van der Waals surface area contributed by atoms with Crippen molar-refractivity contribution >= 4 is 6.09 Å². The van der Waals surface area contributed by atoms with Crippen LogP contribution in [0.4, 0.5) is 4.79 Å². The van der Waals surface area contributed by atoms with Gasteiger partial charge in [-0.15, -0.1) is 0 Å². The van der Waals surface area contributed by atoms with Crippen LogP contribution in [0.1, 0.15) is 12.5 Å². The number of benzene rings is 1. The minimum Gasteiger partial charge on any atom is -0.445 e. The maximum absolute atomic E-state index is 12.2. The second-order valence-corrected chi connectivity index (χ2v) is 5.77. The maximum atomic E-state index is 12.2. The molecule has 3 rings (SSSR count). The van der Waals surface area contributed by atoms with E-state index in [1.807, 2.05) is 35.2 Å². The zero-order valence-electron chi connectivity index (χ0n) is 12.4. The molecule has 2 heterocycles. The molecule has 5 nitrogen and oxygen atoms in total. The van der Waals surface area contributed by atoms with Crippen molar-refractivity contribution in [2.24, 2.45) is 0 Å². The van der Waals surface area contributed by atoms with Gasteiger partial charge in [0.05, 0.1) is 19.3 Å². The molecule has 0 aromatic heterocycles. The van der Waals surface area contributed by atoms with Gasteiger partial charge in [0, 0.05) is 25.7 Å². The summed E-state index contributed by atoms with van der Waals surface area (Å²) in [5.41, 5.74) is 1.02. The van der Waals surface area contributed by atoms with Crippen LogP contribution in [0.3, 0.4) is 0 Å². The van der Waals surface area contributed by atoms with Crippen LogP contribution in [0, 0.1) is 0 Å². The first kappa shape index (κ1) is 14.4. The van der Waals surface area contributed by atoms with Gasteiger partial charge in [0.25, 0.3) is 0 Å². The molecular formula is C16H22N2O3. The topological polar surface area (TPSA) is 42.0 Å². The van der Waals surface area contributed by atoms with Crippen molar-refractivity contribution in [1.29, 1.82) is 0 Å². The van der Waals surface area contributed by atoms with E-state index in [4.69, 9.17) is 9.47 Å². The molecule has 2 aliphatic rings. The summed E-state index contributed by atoms with van der Waals surface area (Å²) in [7, 11) is 0. The van der Waals surface area contributed by atoms with E-state index < -0.39 is 0 Å².